The van der Waals surface area contributed by atoms with Crippen molar-refractivity contribution in [3.63, 3.8) is 0 Å². The van der Waals surface area contributed by atoms with Crippen LogP contribution >= 0.6 is 0 Å². The van der Waals surface area contributed by atoms with Crippen LogP contribution in [0.5, 0.6) is 0 Å². The lowest BCUT2D eigenvalue weighted by molar-refractivity contribution is 0.222. The van der Waals surface area contributed by atoms with Crippen LogP contribution in [0.4, 0.5) is 17.3 Å². The highest BCUT2D eigenvalue weighted by atomic mass is 15.4. The zero-order valence-electron chi connectivity index (χ0n) is 21.9. The molecule has 2 aromatic carbocycles. The van der Waals surface area contributed by atoms with Crippen LogP contribution in [0.15, 0.2) is 54.6 Å². The minimum absolute atomic E-state index is 0.541. The highest BCUT2D eigenvalue weighted by Crippen LogP contribution is 2.32. The second-order valence-electron chi connectivity index (χ2n) is 11.0. The first-order chi connectivity index (χ1) is 18.7. The van der Waals surface area contributed by atoms with Crippen LogP contribution in [0.25, 0.3) is 17.1 Å². The Kier molecular flexibility index (Phi) is 6.08. The standard InChI is InChI=1S/C31H35N7/c32-28-20-29(33-25-13-10-21-11-14-26(15-12-23(21)18-25)37-16-3-4-17-37)36-38(28)30-19-24-8-5-7-22-6-1-2-9-27(22)31(24)35-34-30/h1-2,6,9-10,13,18-20,26H,3-5,7-8,11-12,14-17,32H2,(H,33,36)/t26-/m0/s1. The molecule has 0 unspecified atom stereocenters. The Morgan fingerprint density at radius 3 is 2.47 bits per heavy atom. The molecule has 7 rings (SSSR count). The third-order valence-electron chi connectivity index (χ3n) is 8.61. The molecule has 38 heavy (non-hydrogen) atoms. The fraction of sp³-hybridized carbons (Fsp3) is 0.387. The van der Waals surface area contributed by atoms with Gasteiger partial charge in [-0.05, 0) is 111 Å². The number of nitrogens with two attached hydrogens (primary N) is 1. The van der Waals surface area contributed by atoms with Crippen molar-refractivity contribution < 1.29 is 0 Å². The number of rotatable bonds is 4. The number of nitrogen functional groups attached to an aromatic ring is 1. The second-order valence-corrected chi connectivity index (χ2v) is 11.0. The molecule has 1 saturated heterocycles. The van der Waals surface area contributed by atoms with E-state index in [1.807, 2.05) is 6.07 Å². The lowest BCUT2D eigenvalue weighted by atomic mass is 10.0. The van der Waals surface area contributed by atoms with Gasteiger partial charge in [0.1, 0.15) is 5.82 Å². The quantitative estimate of drug-likeness (QED) is 0.357. The number of nitrogens with one attached hydrogen (secondary N) is 1. The van der Waals surface area contributed by atoms with Crippen molar-refractivity contribution in [3.8, 4) is 17.1 Å². The first-order valence-electron chi connectivity index (χ1n) is 14.1. The summed E-state index contributed by atoms with van der Waals surface area (Å²) in [4.78, 5) is 2.71. The van der Waals surface area contributed by atoms with Crippen molar-refractivity contribution in [2.24, 2.45) is 0 Å². The summed E-state index contributed by atoms with van der Waals surface area (Å²) in [6, 6.07) is 20.0. The van der Waals surface area contributed by atoms with Gasteiger partial charge in [0.25, 0.3) is 0 Å². The third kappa shape index (κ3) is 4.45. The molecule has 1 fully saturated rings. The number of aryl methyl sites for hydroxylation is 4. The number of anilines is 3. The molecule has 0 bridgehead atoms. The monoisotopic (exact) mass is 505 g/mol. The average molecular weight is 506 g/mol. The fourth-order valence-electron chi connectivity index (χ4n) is 6.61. The summed E-state index contributed by atoms with van der Waals surface area (Å²) in [6.45, 7) is 2.56. The predicted molar refractivity (Wildman–Crippen MR) is 152 cm³/mol. The van der Waals surface area contributed by atoms with E-state index in [9.17, 15) is 0 Å². The maximum atomic E-state index is 6.41. The molecule has 2 aromatic heterocycles. The number of fused-ring (bicyclic) bond motifs is 4. The van der Waals surface area contributed by atoms with Crippen LogP contribution in [0.2, 0.25) is 0 Å². The van der Waals surface area contributed by atoms with Crippen molar-refractivity contribution >= 4 is 17.3 Å². The number of aromatic nitrogens is 4. The largest absolute Gasteiger partial charge is 0.383 e. The van der Waals surface area contributed by atoms with Gasteiger partial charge < -0.3 is 16.0 Å². The van der Waals surface area contributed by atoms with E-state index < -0.39 is 0 Å². The number of likely N-dealkylation sites (tertiary alicyclic amines) is 1. The molecule has 7 nitrogen and oxygen atoms in total. The van der Waals surface area contributed by atoms with Crippen molar-refractivity contribution in [2.75, 3.05) is 24.1 Å². The Morgan fingerprint density at radius 1 is 0.763 bits per heavy atom. The minimum Gasteiger partial charge on any atom is -0.383 e. The van der Waals surface area contributed by atoms with Gasteiger partial charge in [0.2, 0.25) is 0 Å². The molecule has 0 saturated carbocycles. The number of hydrogen-bond acceptors (Lipinski definition) is 6. The van der Waals surface area contributed by atoms with E-state index in [2.05, 4.69) is 68.9 Å². The first-order valence-corrected chi connectivity index (χ1v) is 14.1. The minimum atomic E-state index is 0.541. The van der Waals surface area contributed by atoms with Crippen LogP contribution in [-0.2, 0) is 25.7 Å². The van der Waals surface area contributed by atoms with Gasteiger partial charge in [0.15, 0.2) is 11.6 Å². The van der Waals surface area contributed by atoms with Crippen LogP contribution < -0.4 is 11.1 Å². The zero-order chi connectivity index (χ0) is 25.5. The molecular weight excluding hydrogens is 470 g/mol. The second kappa shape index (κ2) is 9.87. The highest BCUT2D eigenvalue weighted by molar-refractivity contribution is 5.68. The molecular formula is C31H35N7. The van der Waals surface area contributed by atoms with Crippen LogP contribution in [0.3, 0.4) is 0 Å². The maximum Gasteiger partial charge on any atom is 0.178 e. The molecule has 1 atom stereocenters. The summed E-state index contributed by atoms with van der Waals surface area (Å²) in [5.41, 5.74) is 15.1. The zero-order valence-corrected chi connectivity index (χ0v) is 21.9. The Balaban J connectivity index is 1.10. The molecule has 3 aliphatic rings. The predicted octanol–water partition coefficient (Wildman–Crippen LogP) is 5.49. The Labute approximate surface area is 224 Å². The molecule has 3 heterocycles. The summed E-state index contributed by atoms with van der Waals surface area (Å²) >= 11 is 0. The summed E-state index contributed by atoms with van der Waals surface area (Å²) in [5, 5.41) is 17.4. The molecule has 0 amide bonds. The number of benzene rings is 2. The van der Waals surface area contributed by atoms with Gasteiger partial charge in [-0.2, -0.15) is 4.68 Å². The van der Waals surface area contributed by atoms with Gasteiger partial charge in [0, 0.05) is 23.4 Å². The van der Waals surface area contributed by atoms with E-state index in [0.29, 0.717) is 17.5 Å². The van der Waals surface area contributed by atoms with Gasteiger partial charge in [-0.25, -0.2) is 0 Å². The van der Waals surface area contributed by atoms with Gasteiger partial charge in [-0.1, -0.05) is 30.3 Å². The Bertz CT molecular complexity index is 1470. The lowest BCUT2D eigenvalue weighted by Gasteiger charge is -2.25. The molecule has 4 aromatic rings. The summed E-state index contributed by atoms with van der Waals surface area (Å²) in [7, 11) is 0. The maximum absolute atomic E-state index is 6.41. The fourth-order valence-corrected chi connectivity index (χ4v) is 6.61. The molecule has 3 N–H and O–H groups in total. The van der Waals surface area contributed by atoms with Crippen LogP contribution in [-0.4, -0.2) is 44.0 Å². The van der Waals surface area contributed by atoms with Crippen LogP contribution in [0, 0.1) is 0 Å². The van der Waals surface area contributed by atoms with Gasteiger partial charge in [-0.15, -0.1) is 15.3 Å². The molecule has 2 aliphatic carbocycles. The first kappa shape index (κ1) is 23.4. The molecule has 1 aliphatic heterocycles. The summed E-state index contributed by atoms with van der Waals surface area (Å²) in [6.07, 6.45) is 10.7. The average Bonchev–Trinajstić information content (AvgIpc) is 3.49. The van der Waals surface area contributed by atoms with E-state index >= 15 is 0 Å². The van der Waals surface area contributed by atoms with Crippen molar-refractivity contribution in [3.05, 3.63) is 76.9 Å². The lowest BCUT2D eigenvalue weighted by Crippen LogP contribution is -2.32. The van der Waals surface area contributed by atoms with Crippen molar-refractivity contribution in [1.29, 1.82) is 0 Å². The SMILES string of the molecule is Nc1cc(Nc2ccc3c(c2)CC[C@@H](N2CCCC2)CC3)nn1-c1cc2c(nn1)-c1ccccc1CCC2. The smallest absolute Gasteiger partial charge is 0.178 e. The Hall–Kier alpha value is -3.71. The van der Waals surface area contributed by atoms with E-state index in [1.54, 1.807) is 4.68 Å². The van der Waals surface area contributed by atoms with Gasteiger partial charge in [-0.3, -0.25) is 0 Å². The van der Waals surface area contributed by atoms with Crippen molar-refractivity contribution in [1.82, 2.24) is 24.9 Å². The topological polar surface area (TPSA) is 84.9 Å². The van der Waals surface area contributed by atoms with Crippen LogP contribution in [0.1, 0.15) is 54.4 Å². The number of hydrogen-bond donors (Lipinski definition) is 2. The number of nitrogens with zero attached hydrogens (tertiary/aromatic N) is 5. The summed E-state index contributed by atoms with van der Waals surface area (Å²) in [5.74, 6) is 1.91. The normalized spacial score (nSPS) is 19.2. The Morgan fingerprint density at radius 2 is 1.58 bits per heavy atom. The molecule has 194 valence electrons. The van der Waals surface area contributed by atoms with Gasteiger partial charge >= 0.3 is 0 Å². The third-order valence-corrected chi connectivity index (χ3v) is 8.61. The van der Waals surface area contributed by atoms with Crippen molar-refractivity contribution in [2.45, 2.75) is 63.8 Å². The molecule has 7 heteroatoms. The van der Waals surface area contributed by atoms with E-state index in [-0.39, 0.29) is 0 Å². The van der Waals surface area contributed by atoms with E-state index in [1.165, 1.54) is 73.0 Å². The van der Waals surface area contributed by atoms with E-state index in [0.717, 1.165) is 43.1 Å². The molecule has 0 spiro atoms. The van der Waals surface area contributed by atoms with E-state index in [4.69, 9.17) is 10.8 Å². The highest BCUT2D eigenvalue weighted by Gasteiger charge is 2.24. The van der Waals surface area contributed by atoms with Gasteiger partial charge in [0.05, 0.1) is 5.69 Å². The molecule has 0 radical (unpaired) electrons. The summed E-state index contributed by atoms with van der Waals surface area (Å²) < 4.78 is 1.69.